The second-order valence-corrected chi connectivity index (χ2v) is 4.57. The molecule has 3 N–H and O–H groups in total. The Morgan fingerprint density at radius 3 is 2.95 bits per heavy atom. The highest BCUT2D eigenvalue weighted by Gasteiger charge is 2.13. The van der Waals surface area contributed by atoms with Gasteiger partial charge in [-0.1, -0.05) is 6.92 Å². The fourth-order valence-electron chi connectivity index (χ4n) is 1.41. The summed E-state index contributed by atoms with van der Waals surface area (Å²) in [7, 11) is 1.28. The molecule has 0 saturated heterocycles. The van der Waals surface area contributed by atoms with E-state index in [-0.39, 0.29) is 5.82 Å². The first-order valence-electron chi connectivity index (χ1n) is 5.90. The number of methoxy groups -OCH3 is 1. The lowest BCUT2D eigenvalue weighted by Crippen LogP contribution is -2.08. The van der Waals surface area contributed by atoms with Crippen LogP contribution in [0.3, 0.4) is 0 Å². The van der Waals surface area contributed by atoms with Gasteiger partial charge < -0.3 is 15.8 Å². The van der Waals surface area contributed by atoms with Crippen LogP contribution in [0.4, 0.5) is 10.9 Å². The fraction of sp³-hybridized carbons (Fsp3) is 0.364. The Morgan fingerprint density at radius 1 is 1.50 bits per heavy atom. The van der Waals surface area contributed by atoms with Crippen LogP contribution < -0.4 is 11.1 Å². The van der Waals surface area contributed by atoms with Crippen molar-refractivity contribution in [2.24, 2.45) is 0 Å². The second-order valence-electron chi connectivity index (χ2n) is 3.82. The van der Waals surface area contributed by atoms with Crippen molar-refractivity contribution in [2.45, 2.75) is 19.9 Å². The molecule has 106 valence electrons. The number of carbonyl (C=O) groups excluding carboxylic acids is 1. The second kappa shape index (κ2) is 6.24. The number of anilines is 2. The van der Waals surface area contributed by atoms with E-state index in [0.717, 1.165) is 23.5 Å². The molecule has 9 heteroatoms. The quantitative estimate of drug-likeness (QED) is 0.780. The van der Waals surface area contributed by atoms with Crippen molar-refractivity contribution in [1.82, 2.24) is 19.3 Å². The van der Waals surface area contributed by atoms with E-state index in [1.54, 1.807) is 6.20 Å². The molecule has 0 amide bonds. The predicted octanol–water partition coefficient (Wildman–Crippen LogP) is 0.871. The van der Waals surface area contributed by atoms with Crippen molar-refractivity contribution in [3.63, 3.8) is 0 Å². The molecule has 0 atom stereocenters. The van der Waals surface area contributed by atoms with Crippen LogP contribution in [0, 0.1) is 0 Å². The molecule has 0 radical (unpaired) electrons. The number of carbonyl (C=O) groups is 1. The maximum Gasteiger partial charge on any atom is 0.377 e. The molecule has 0 spiro atoms. The maximum absolute atomic E-state index is 11.2. The summed E-state index contributed by atoms with van der Waals surface area (Å²) in [4.78, 5) is 23.6. The lowest BCUT2D eigenvalue weighted by atomic mass is 10.3. The summed E-state index contributed by atoms with van der Waals surface area (Å²) in [5, 5.41) is 3.52. The van der Waals surface area contributed by atoms with Gasteiger partial charge in [-0.25, -0.2) is 14.8 Å². The standard InChI is InChI=1S/C11H14N6O2S/c1-3-7-13-4-6(8(12)15-7)5-14-11-16-9(17-20-11)10(18)19-2/h4H,3,5H2,1-2H3,(H2,12,13,15)(H,14,16,17). The van der Waals surface area contributed by atoms with Crippen LogP contribution >= 0.6 is 11.5 Å². The molecular formula is C11H14N6O2S. The minimum Gasteiger partial charge on any atom is -0.463 e. The highest BCUT2D eigenvalue weighted by atomic mass is 32.1. The third-order valence-corrected chi connectivity index (χ3v) is 3.16. The van der Waals surface area contributed by atoms with Gasteiger partial charge in [0.1, 0.15) is 11.6 Å². The molecule has 2 aromatic rings. The molecule has 2 heterocycles. The van der Waals surface area contributed by atoms with Crippen LogP contribution in [0.1, 0.15) is 28.9 Å². The molecular weight excluding hydrogens is 280 g/mol. The molecule has 0 unspecified atom stereocenters. The van der Waals surface area contributed by atoms with E-state index < -0.39 is 5.97 Å². The average molecular weight is 294 g/mol. The topological polar surface area (TPSA) is 116 Å². The van der Waals surface area contributed by atoms with E-state index >= 15 is 0 Å². The minimum atomic E-state index is -0.565. The van der Waals surface area contributed by atoms with E-state index in [9.17, 15) is 4.79 Å². The Bertz CT molecular complexity index is 615. The highest BCUT2D eigenvalue weighted by molar-refractivity contribution is 7.09. The van der Waals surface area contributed by atoms with Gasteiger partial charge in [-0.2, -0.15) is 9.36 Å². The molecule has 2 aromatic heterocycles. The van der Waals surface area contributed by atoms with E-state index in [4.69, 9.17) is 5.73 Å². The number of rotatable bonds is 5. The lowest BCUT2D eigenvalue weighted by molar-refractivity contribution is 0.0588. The summed E-state index contributed by atoms with van der Waals surface area (Å²) in [6.07, 6.45) is 2.41. The normalized spacial score (nSPS) is 10.3. The zero-order valence-electron chi connectivity index (χ0n) is 11.1. The number of nitrogens with one attached hydrogen (secondary N) is 1. The molecule has 0 aromatic carbocycles. The van der Waals surface area contributed by atoms with Gasteiger partial charge in [0, 0.05) is 36.3 Å². The van der Waals surface area contributed by atoms with E-state index in [1.807, 2.05) is 6.92 Å². The average Bonchev–Trinajstić information content (AvgIpc) is 2.94. The van der Waals surface area contributed by atoms with Crippen LogP contribution in [0.5, 0.6) is 0 Å². The smallest absolute Gasteiger partial charge is 0.377 e. The number of nitrogen functional groups attached to an aromatic ring is 1. The molecule has 0 aliphatic carbocycles. The SMILES string of the molecule is CCc1ncc(CNc2nc(C(=O)OC)ns2)c(N)n1. The molecule has 0 aliphatic heterocycles. The molecule has 0 fully saturated rings. The van der Waals surface area contributed by atoms with Gasteiger partial charge in [-0.3, -0.25) is 0 Å². The Labute approximate surface area is 119 Å². The number of nitrogens with zero attached hydrogens (tertiary/aromatic N) is 4. The zero-order chi connectivity index (χ0) is 14.5. The monoisotopic (exact) mass is 294 g/mol. The first kappa shape index (κ1) is 14.1. The maximum atomic E-state index is 11.2. The van der Waals surface area contributed by atoms with Gasteiger partial charge in [-0.05, 0) is 0 Å². The molecule has 0 bridgehead atoms. The Balaban J connectivity index is 2.01. The first-order valence-corrected chi connectivity index (χ1v) is 6.67. The van der Waals surface area contributed by atoms with Gasteiger partial charge in [0.05, 0.1) is 7.11 Å². The van der Waals surface area contributed by atoms with Crippen molar-refractivity contribution < 1.29 is 9.53 Å². The minimum absolute atomic E-state index is 0.0329. The molecule has 8 nitrogen and oxygen atoms in total. The number of hydrogen-bond donors (Lipinski definition) is 2. The van der Waals surface area contributed by atoms with Crippen molar-refractivity contribution in [3.05, 3.63) is 23.4 Å². The first-order chi connectivity index (χ1) is 9.63. The van der Waals surface area contributed by atoms with E-state index in [1.165, 1.54) is 7.11 Å². The Hall–Kier alpha value is -2.29. The summed E-state index contributed by atoms with van der Waals surface area (Å²) in [6.45, 7) is 2.37. The zero-order valence-corrected chi connectivity index (χ0v) is 11.9. The van der Waals surface area contributed by atoms with E-state index in [2.05, 4.69) is 29.4 Å². The summed E-state index contributed by atoms with van der Waals surface area (Å²) in [5.74, 6) is 0.604. The van der Waals surface area contributed by atoms with Gasteiger partial charge in [-0.15, -0.1) is 0 Å². The van der Waals surface area contributed by atoms with Gasteiger partial charge in [0.15, 0.2) is 0 Å². The van der Waals surface area contributed by atoms with Crippen LogP contribution in [-0.4, -0.2) is 32.4 Å². The predicted molar refractivity (Wildman–Crippen MR) is 74.4 cm³/mol. The number of hydrogen-bond acceptors (Lipinski definition) is 9. The number of esters is 1. The van der Waals surface area contributed by atoms with Gasteiger partial charge in [0.25, 0.3) is 5.82 Å². The largest absolute Gasteiger partial charge is 0.463 e. The van der Waals surface area contributed by atoms with E-state index in [0.29, 0.717) is 23.3 Å². The third-order valence-electron chi connectivity index (χ3n) is 2.49. The highest BCUT2D eigenvalue weighted by Crippen LogP contribution is 2.15. The lowest BCUT2D eigenvalue weighted by Gasteiger charge is -2.06. The number of aryl methyl sites for hydroxylation is 1. The Kier molecular flexibility index (Phi) is 4.41. The third kappa shape index (κ3) is 3.18. The van der Waals surface area contributed by atoms with Crippen LogP contribution in [0.25, 0.3) is 0 Å². The summed E-state index contributed by atoms with van der Waals surface area (Å²) >= 11 is 1.07. The molecule has 2 rings (SSSR count). The molecule has 20 heavy (non-hydrogen) atoms. The van der Waals surface area contributed by atoms with Crippen molar-refractivity contribution in [2.75, 3.05) is 18.2 Å². The molecule has 0 saturated carbocycles. The molecule has 0 aliphatic rings. The number of nitrogens with two attached hydrogens (primary N) is 1. The van der Waals surface area contributed by atoms with Crippen LogP contribution in [0.15, 0.2) is 6.20 Å². The number of aromatic nitrogens is 4. The fourth-order valence-corrected chi connectivity index (χ4v) is 1.96. The summed E-state index contributed by atoms with van der Waals surface area (Å²) in [6, 6.07) is 0. The van der Waals surface area contributed by atoms with Crippen LogP contribution in [0.2, 0.25) is 0 Å². The van der Waals surface area contributed by atoms with Crippen molar-refractivity contribution >= 4 is 28.5 Å². The van der Waals surface area contributed by atoms with Crippen molar-refractivity contribution in [3.8, 4) is 0 Å². The number of ether oxygens (including phenoxy) is 1. The van der Waals surface area contributed by atoms with Gasteiger partial charge >= 0.3 is 5.97 Å². The summed E-state index contributed by atoms with van der Waals surface area (Å²) in [5.41, 5.74) is 6.60. The Morgan fingerprint density at radius 2 is 2.30 bits per heavy atom. The van der Waals surface area contributed by atoms with Crippen molar-refractivity contribution in [1.29, 1.82) is 0 Å². The van der Waals surface area contributed by atoms with Gasteiger partial charge in [0.2, 0.25) is 5.13 Å². The summed E-state index contributed by atoms with van der Waals surface area (Å²) < 4.78 is 8.41. The van der Waals surface area contributed by atoms with Crippen LogP contribution in [-0.2, 0) is 17.7 Å².